The molecule has 0 saturated carbocycles. The zero-order valence-corrected chi connectivity index (χ0v) is 12.8. The van der Waals surface area contributed by atoms with Crippen LogP contribution in [0.15, 0.2) is 42.0 Å². The van der Waals surface area contributed by atoms with Gasteiger partial charge in [0.25, 0.3) is 0 Å². The summed E-state index contributed by atoms with van der Waals surface area (Å²) in [5.41, 5.74) is 7.56. The number of halogens is 2. The van der Waals surface area contributed by atoms with Crippen LogP contribution in [0.5, 0.6) is 0 Å². The fourth-order valence-electron chi connectivity index (χ4n) is 2.71. The zero-order valence-electron chi connectivity index (χ0n) is 11.3. The molecule has 1 radical (unpaired) electrons. The van der Waals surface area contributed by atoms with Crippen molar-refractivity contribution in [1.29, 1.82) is 0 Å². The smallest absolute Gasteiger partial charge is 0.0409 e. The lowest BCUT2D eigenvalue weighted by molar-refractivity contribution is 1.15. The van der Waals surface area contributed by atoms with Crippen LogP contribution < -0.4 is 0 Å². The molecule has 20 heavy (non-hydrogen) atoms. The van der Waals surface area contributed by atoms with Gasteiger partial charge in [-0.2, -0.15) is 0 Å². The molecule has 0 fully saturated rings. The second-order valence-electron chi connectivity index (χ2n) is 5.07. The first kappa shape index (κ1) is 13.7. The van der Waals surface area contributed by atoms with Gasteiger partial charge in [0.05, 0.1) is 0 Å². The Kier molecular flexibility index (Phi) is 3.87. The van der Waals surface area contributed by atoms with E-state index in [2.05, 4.69) is 43.7 Å². The van der Waals surface area contributed by atoms with E-state index in [4.69, 9.17) is 23.2 Å². The first-order valence-corrected chi connectivity index (χ1v) is 7.61. The summed E-state index contributed by atoms with van der Waals surface area (Å²) in [4.78, 5) is 0. The summed E-state index contributed by atoms with van der Waals surface area (Å²) in [6, 6.07) is 12.5. The number of aryl methyl sites for hydroxylation is 1. The summed E-state index contributed by atoms with van der Waals surface area (Å²) in [5.74, 6) is 0.658. The van der Waals surface area contributed by atoms with Crippen LogP contribution in [0.4, 0.5) is 0 Å². The Morgan fingerprint density at radius 1 is 1.05 bits per heavy atom. The van der Waals surface area contributed by atoms with E-state index in [-0.39, 0.29) is 0 Å². The summed E-state index contributed by atoms with van der Waals surface area (Å²) in [7, 11) is 0. The average molecular weight is 302 g/mol. The largest absolute Gasteiger partial charge is 0.126 e. The lowest BCUT2D eigenvalue weighted by Crippen LogP contribution is -1.89. The Morgan fingerprint density at radius 3 is 2.65 bits per heavy atom. The molecule has 0 aromatic heterocycles. The van der Waals surface area contributed by atoms with Crippen LogP contribution in [0.25, 0.3) is 17.2 Å². The Hall–Kier alpha value is -1.24. The second kappa shape index (κ2) is 5.63. The maximum Gasteiger partial charge on any atom is 0.0409 e. The number of benzene rings is 2. The molecule has 1 aliphatic rings. The third kappa shape index (κ3) is 2.51. The normalized spacial score (nSPS) is 13.2. The molecule has 2 heteroatoms. The van der Waals surface area contributed by atoms with Gasteiger partial charge in [0.15, 0.2) is 0 Å². The van der Waals surface area contributed by atoms with Gasteiger partial charge in [-0.25, -0.2) is 0 Å². The summed E-state index contributed by atoms with van der Waals surface area (Å²) in [6.07, 6.45) is 5.39. The molecule has 0 bridgehead atoms. The molecular formula is C18H15Cl2. The van der Waals surface area contributed by atoms with Crippen molar-refractivity contribution in [2.75, 3.05) is 5.88 Å². The van der Waals surface area contributed by atoms with Crippen LogP contribution in [0.1, 0.15) is 23.1 Å². The Bertz CT molecular complexity index is 684. The third-order valence-electron chi connectivity index (χ3n) is 3.67. The van der Waals surface area contributed by atoms with E-state index >= 15 is 0 Å². The first-order valence-electron chi connectivity index (χ1n) is 6.70. The lowest BCUT2D eigenvalue weighted by atomic mass is 9.94. The quantitative estimate of drug-likeness (QED) is 0.620. The van der Waals surface area contributed by atoms with Crippen LogP contribution >= 0.6 is 23.2 Å². The maximum atomic E-state index is 6.05. The van der Waals surface area contributed by atoms with Gasteiger partial charge < -0.3 is 0 Å². The van der Waals surface area contributed by atoms with Gasteiger partial charge in [0, 0.05) is 17.3 Å². The highest BCUT2D eigenvalue weighted by atomic mass is 35.5. The highest BCUT2D eigenvalue weighted by Gasteiger charge is 2.17. The summed E-state index contributed by atoms with van der Waals surface area (Å²) in [6.45, 7) is 2.10. The SMILES string of the molecule is Cc1cc(Cl)ccc1-c1cccc2c1C=C(CCCl)[CH]2. The second-order valence-corrected chi connectivity index (χ2v) is 5.88. The van der Waals surface area contributed by atoms with Gasteiger partial charge in [-0.3, -0.25) is 0 Å². The van der Waals surface area contributed by atoms with Crippen LogP contribution in [0.3, 0.4) is 0 Å². The summed E-state index contributed by atoms with van der Waals surface area (Å²) < 4.78 is 0. The minimum Gasteiger partial charge on any atom is -0.126 e. The van der Waals surface area contributed by atoms with E-state index in [1.165, 1.54) is 33.4 Å². The molecule has 0 aliphatic heterocycles. The Labute approximate surface area is 130 Å². The van der Waals surface area contributed by atoms with Crippen molar-refractivity contribution in [3.63, 3.8) is 0 Å². The number of hydrogen-bond donors (Lipinski definition) is 0. The van der Waals surface area contributed by atoms with Gasteiger partial charge >= 0.3 is 0 Å². The molecule has 0 nitrogen and oxygen atoms in total. The van der Waals surface area contributed by atoms with Crippen molar-refractivity contribution in [3.05, 3.63) is 70.1 Å². The molecule has 2 aromatic carbocycles. The van der Waals surface area contributed by atoms with Crippen molar-refractivity contribution >= 4 is 29.3 Å². The zero-order chi connectivity index (χ0) is 14.1. The Balaban J connectivity index is 2.10. The maximum absolute atomic E-state index is 6.05. The molecule has 1 aliphatic carbocycles. The highest BCUT2D eigenvalue weighted by molar-refractivity contribution is 6.30. The van der Waals surface area contributed by atoms with Crippen molar-refractivity contribution in [1.82, 2.24) is 0 Å². The number of fused-ring (bicyclic) bond motifs is 1. The van der Waals surface area contributed by atoms with Crippen molar-refractivity contribution < 1.29 is 0 Å². The number of alkyl halides is 1. The molecule has 0 spiro atoms. The molecule has 2 aromatic rings. The van der Waals surface area contributed by atoms with Crippen molar-refractivity contribution in [2.45, 2.75) is 13.3 Å². The summed E-state index contributed by atoms with van der Waals surface area (Å²) in [5, 5.41) is 0.781. The van der Waals surface area contributed by atoms with Crippen molar-refractivity contribution in [3.8, 4) is 11.1 Å². The fraction of sp³-hybridized carbons (Fsp3) is 0.167. The monoisotopic (exact) mass is 301 g/mol. The number of allylic oxidation sites excluding steroid dienone is 1. The van der Waals surface area contributed by atoms with Crippen LogP contribution in [-0.4, -0.2) is 5.88 Å². The molecule has 0 saturated heterocycles. The molecule has 3 rings (SSSR count). The average Bonchev–Trinajstić information content (AvgIpc) is 2.82. The van der Waals surface area contributed by atoms with Gasteiger partial charge in [0.2, 0.25) is 0 Å². The molecule has 0 atom stereocenters. The Morgan fingerprint density at radius 2 is 1.90 bits per heavy atom. The van der Waals surface area contributed by atoms with Crippen LogP contribution in [0, 0.1) is 13.3 Å². The lowest BCUT2D eigenvalue weighted by Gasteiger charge is -2.11. The minimum absolute atomic E-state index is 0.658. The fourth-order valence-corrected chi connectivity index (χ4v) is 3.16. The predicted octanol–water partition coefficient (Wildman–Crippen LogP) is 5.89. The third-order valence-corrected chi connectivity index (χ3v) is 4.10. The number of rotatable bonds is 3. The van der Waals surface area contributed by atoms with Gasteiger partial charge in [-0.15, -0.1) is 11.6 Å². The van der Waals surface area contributed by atoms with E-state index in [0.717, 1.165) is 11.4 Å². The van der Waals surface area contributed by atoms with Gasteiger partial charge in [-0.1, -0.05) is 47.5 Å². The molecule has 0 N–H and O–H groups in total. The molecule has 0 amide bonds. The molecule has 0 unspecified atom stereocenters. The number of hydrogen-bond acceptors (Lipinski definition) is 0. The van der Waals surface area contributed by atoms with E-state index in [0.29, 0.717) is 5.88 Å². The van der Waals surface area contributed by atoms with E-state index in [9.17, 15) is 0 Å². The molecular weight excluding hydrogens is 287 g/mol. The van der Waals surface area contributed by atoms with E-state index < -0.39 is 0 Å². The van der Waals surface area contributed by atoms with Gasteiger partial charge in [0.1, 0.15) is 0 Å². The predicted molar refractivity (Wildman–Crippen MR) is 88.3 cm³/mol. The molecule has 0 heterocycles. The van der Waals surface area contributed by atoms with E-state index in [1.807, 2.05) is 12.1 Å². The highest BCUT2D eigenvalue weighted by Crippen LogP contribution is 2.37. The first-order chi connectivity index (χ1) is 9.69. The topological polar surface area (TPSA) is 0 Å². The standard InChI is InChI=1S/C18H15Cl2/c1-12-9-15(20)5-6-16(12)17-4-2-3-14-10-13(7-8-19)11-18(14)17/h2-6,9-11H,7-8H2,1H3. The van der Waals surface area contributed by atoms with Gasteiger partial charge in [-0.05, 0) is 53.3 Å². The van der Waals surface area contributed by atoms with Crippen LogP contribution in [-0.2, 0) is 0 Å². The minimum atomic E-state index is 0.658. The van der Waals surface area contributed by atoms with E-state index in [1.54, 1.807) is 0 Å². The van der Waals surface area contributed by atoms with Crippen LogP contribution in [0.2, 0.25) is 5.02 Å². The van der Waals surface area contributed by atoms with Crippen molar-refractivity contribution in [2.24, 2.45) is 0 Å². The molecule has 101 valence electrons. The summed E-state index contributed by atoms with van der Waals surface area (Å²) >= 11 is 11.9.